The molecule has 0 aliphatic carbocycles. The van der Waals surface area contributed by atoms with Crippen LogP contribution in [0.3, 0.4) is 0 Å². The average molecular weight is 278 g/mol. The normalized spacial score (nSPS) is 17.6. The van der Waals surface area contributed by atoms with Crippen LogP contribution < -0.4 is 5.32 Å². The van der Waals surface area contributed by atoms with E-state index in [0.717, 1.165) is 43.9 Å². The van der Waals surface area contributed by atoms with Gasteiger partial charge < -0.3 is 14.6 Å². The monoisotopic (exact) mass is 278 g/mol. The SMILES string of the molecule is Cc1ccc(CCNC(=O)C2CCN(C(C)C)CC2)o1. The van der Waals surface area contributed by atoms with Crippen LogP contribution in [-0.4, -0.2) is 36.5 Å². The zero-order valence-electron chi connectivity index (χ0n) is 12.8. The van der Waals surface area contributed by atoms with Gasteiger partial charge in [-0.1, -0.05) is 0 Å². The van der Waals surface area contributed by atoms with E-state index in [4.69, 9.17) is 4.42 Å². The summed E-state index contributed by atoms with van der Waals surface area (Å²) in [5, 5.41) is 3.04. The molecule has 1 aromatic heterocycles. The van der Waals surface area contributed by atoms with Crippen molar-refractivity contribution in [1.82, 2.24) is 10.2 Å². The highest BCUT2D eigenvalue weighted by atomic mass is 16.3. The zero-order valence-corrected chi connectivity index (χ0v) is 12.8. The van der Waals surface area contributed by atoms with Crippen molar-refractivity contribution >= 4 is 5.91 Å². The molecule has 2 heterocycles. The smallest absolute Gasteiger partial charge is 0.223 e. The Kier molecular flexibility index (Phi) is 5.24. The molecule has 0 radical (unpaired) electrons. The molecule has 0 atom stereocenters. The highest BCUT2D eigenvalue weighted by Crippen LogP contribution is 2.19. The van der Waals surface area contributed by atoms with Crippen molar-refractivity contribution in [3.8, 4) is 0 Å². The molecule has 1 N–H and O–H groups in total. The number of piperidine rings is 1. The van der Waals surface area contributed by atoms with Crippen LogP contribution in [0.25, 0.3) is 0 Å². The van der Waals surface area contributed by atoms with Gasteiger partial charge in [-0.2, -0.15) is 0 Å². The number of likely N-dealkylation sites (tertiary alicyclic amines) is 1. The summed E-state index contributed by atoms with van der Waals surface area (Å²) in [5.74, 6) is 2.25. The van der Waals surface area contributed by atoms with Gasteiger partial charge in [-0.05, 0) is 58.8 Å². The van der Waals surface area contributed by atoms with Gasteiger partial charge in [-0.25, -0.2) is 0 Å². The molecule has 0 spiro atoms. The molecule has 1 saturated heterocycles. The maximum absolute atomic E-state index is 12.1. The Morgan fingerprint density at radius 1 is 1.40 bits per heavy atom. The number of nitrogens with one attached hydrogen (secondary N) is 1. The standard InChI is InChI=1S/C16H26N2O2/c1-12(2)18-10-7-14(8-11-18)16(19)17-9-6-15-5-4-13(3)20-15/h4-5,12,14H,6-11H2,1-3H3,(H,17,19). The number of hydrogen-bond donors (Lipinski definition) is 1. The van der Waals surface area contributed by atoms with E-state index < -0.39 is 0 Å². The topological polar surface area (TPSA) is 45.5 Å². The minimum Gasteiger partial charge on any atom is -0.466 e. The third kappa shape index (κ3) is 4.10. The summed E-state index contributed by atoms with van der Waals surface area (Å²) >= 11 is 0. The molecule has 1 aromatic rings. The molecule has 4 heteroatoms. The first-order chi connectivity index (χ1) is 9.56. The Morgan fingerprint density at radius 3 is 2.65 bits per heavy atom. The lowest BCUT2D eigenvalue weighted by atomic mass is 9.95. The van der Waals surface area contributed by atoms with Crippen LogP contribution >= 0.6 is 0 Å². The molecule has 20 heavy (non-hydrogen) atoms. The Labute approximate surface area is 121 Å². The van der Waals surface area contributed by atoms with Crippen LogP contribution in [0.5, 0.6) is 0 Å². The van der Waals surface area contributed by atoms with Crippen LogP contribution in [0.2, 0.25) is 0 Å². The molecule has 0 aromatic carbocycles. The maximum atomic E-state index is 12.1. The highest BCUT2D eigenvalue weighted by Gasteiger charge is 2.25. The summed E-state index contributed by atoms with van der Waals surface area (Å²) in [6.45, 7) is 9.10. The van der Waals surface area contributed by atoms with E-state index in [1.807, 2.05) is 19.1 Å². The van der Waals surface area contributed by atoms with Gasteiger partial charge in [0.25, 0.3) is 0 Å². The van der Waals surface area contributed by atoms with Crippen molar-refractivity contribution in [3.63, 3.8) is 0 Å². The molecule has 112 valence electrons. The van der Waals surface area contributed by atoms with Gasteiger partial charge in [0.1, 0.15) is 11.5 Å². The highest BCUT2D eigenvalue weighted by molar-refractivity contribution is 5.78. The summed E-state index contributed by atoms with van der Waals surface area (Å²) in [6, 6.07) is 4.52. The van der Waals surface area contributed by atoms with Gasteiger partial charge in [0.05, 0.1) is 0 Å². The van der Waals surface area contributed by atoms with Gasteiger partial charge >= 0.3 is 0 Å². The molecular formula is C16H26N2O2. The van der Waals surface area contributed by atoms with E-state index in [1.54, 1.807) is 0 Å². The molecule has 1 aliphatic rings. The third-order valence-electron chi connectivity index (χ3n) is 4.10. The predicted octanol–water partition coefficient (Wildman–Crippen LogP) is 2.37. The summed E-state index contributed by atoms with van der Waals surface area (Å²) < 4.78 is 5.49. The number of nitrogens with zero attached hydrogens (tertiary/aromatic N) is 1. The predicted molar refractivity (Wildman–Crippen MR) is 79.6 cm³/mol. The van der Waals surface area contributed by atoms with E-state index in [1.165, 1.54) is 0 Å². The van der Waals surface area contributed by atoms with E-state index in [2.05, 4.69) is 24.1 Å². The van der Waals surface area contributed by atoms with Gasteiger partial charge in [-0.15, -0.1) is 0 Å². The summed E-state index contributed by atoms with van der Waals surface area (Å²) in [6.07, 6.45) is 2.72. The number of furan rings is 1. The van der Waals surface area contributed by atoms with E-state index in [0.29, 0.717) is 12.6 Å². The lowest BCUT2D eigenvalue weighted by Gasteiger charge is -2.33. The second-order valence-electron chi connectivity index (χ2n) is 5.96. The maximum Gasteiger partial charge on any atom is 0.223 e. The number of hydrogen-bond acceptors (Lipinski definition) is 3. The minimum absolute atomic E-state index is 0.184. The summed E-state index contributed by atoms with van der Waals surface area (Å²) in [4.78, 5) is 14.5. The van der Waals surface area contributed by atoms with Gasteiger partial charge in [0.15, 0.2) is 0 Å². The Bertz CT molecular complexity index is 431. The molecule has 1 fully saturated rings. The van der Waals surface area contributed by atoms with Crippen LogP contribution in [0.1, 0.15) is 38.2 Å². The Hall–Kier alpha value is -1.29. The lowest BCUT2D eigenvalue weighted by Crippen LogP contribution is -2.43. The second-order valence-corrected chi connectivity index (χ2v) is 5.96. The molecule has 0 bridgehead atoms. The molecule has 2 rings (SSSR count). The minimum atomic E-state index is 0.184. The number of amides is 1. The molecule has 1 amide bonds. The first kappa shape index (κ1) is 15.1. The third-order valence-corrected chi connectivity index (χ3v) is 4.10. The number of rotatable bonds is 5. The summed E-state index contributed by atoms with van der Waals surface area (Å²) in [7, 11) is 0. The molecule has 1 aliphatic heterocycles. The van der Waals surface area contributed by atoms with E-state index in [-0.39, 0.29) is 11.8 Å². The van der Waals surface area contributed by atoms with Crippen LogP contribution in [-0.2, 0) is 11.2 Å². The number of carbonyl (C=O) groups excluding carboxylic acids is 1. The van der Waals surface area contributed by atoms with Gasteiger partial charge in [-0.3, -0.25) is 4.79 Å². The van der Waals surface area contributed by atoms with Crippen LogP contribution in [0.4, 0.5) is 0 Å². The molecule has 0 saturated carbocycles. The fourth-order valence-electron chi connectivity index (χ4n) is 2.75. The van der Waals surface area contributed by atoms with Crippen molar-refractivity contribution < 1.29 is 9.21 Å². The van der Waals surface area contributed by atoms with Crippen LogP contribution in [0.15, 0.2) is 16.5 Å². The first-order valence-corrected chi connectivity index (χ1v) is 7.63. The van der Waals surface area contributed by atoms with Crippen LogP contribution in [0, 0.1) is 12.8 Å². The average Bonchev–Trinajstić information content (AvgIpc) is 2.84. The van der Waals surface area contributed by atoms with Gasteiger partial charge in [0.2, 0.25) is 5.91 Å². The second kappa shape index (κ2) is 6.93. The number of carbonyl (C=O) groups is 1. The van der Waals surface area contributed by atoms with Crippen molar-refractivity contribution in [2.75, 3.05) is 19.6 Å². The fourth-order valence-corrected chi connectivity index (χ4v) is 2.75. The quantitative estimate of drug-likeness (QED) is 0.899. The number of aryl methyl sites for hydroxylation is 1. The molecular weight excluding hydrogens is 252 g/mol. The van der Waals surface area contributed by atoms with E-state index in [9.17, 15) is 4.79 Å². The van der Waals surface area contributed by atoms with Gasteiger partial charge in [0, 0.05) is 24.9 Å². The van der Waals surface area contributed by atoms with E-state index >= 15 is 0 Å². The lowest BCUT2D eigenvalue weighted by molar-refractivity contribution is -0.126. The summed E-state index contributed by atoms with van der Waals surface area (Å²) in [5.41, 5.74) is 0. The Morgan fingerprint density at radius 2 is 2.10 bits per heavy atom. The molecule has 4 nitrogen and oxygen atoms in total. The molecule has 0 unspecified atom stereocenters. The zero-order chi connectivity index (χ0) is 14.5. The van der Waals surface area contributed by atoms with Crippen molar-refractivity contribution in [1.29, 1.82) is 0 Å². The Balaban J connectivity index is 1.68. The first-order valence-electron chi connectivity index (χ1n) is 7.63. The van der Waals surface area contributed by atoms with Crippen molar-refractivity contribution in [3.05, 3.63) is 23.7 Å². The fraction of sp³-hybridized carbons (Fsp3) is 0.688. The largest absolute Gasteiger partial charge is 0.466 e. The van der Waals surface area contributed by atoms with Crippen molar-refractivity contribution in [2.24, 2.45) is 5.92 Å². The van der Waals surface area contributed by atoms with Crippen molar-refractivity contribution in [2.45, 2.75) is 46.1 Å².